The van der Waals surface area contributed by atoms with Crippen molar-refractivity contribution in [1.29, 1.82) is 0 Å². The van der Waals surface area contributed by atoms with Crippen molar-refractivity contribution in [1.82, 2.24) is 20.4 Å². The molecule has 1 aliphatic carbocycles. The van der Waals surface area contributed by atoms with Gasteiger partial charge >= 0.3 is 0 Å². The van der Waals surface area contributed by atoms with Crippen molar-refractivity contribution in [2.24, 2.45) is 5.92 Å². The monoisotopic (exact) mass is 306 g/mol. The van der Waals surface area contributed by atoms with Crippen LogP contribution in [0.1, 0.15) is 50.2 Å². The number of likely N-dealkylation sites (tertiary alicyclic amines) is 1. The molecule has 1 atom stereocenters. The fourth-order valence-corrected chi connectivity index (χ4v) is 2.88. The summed E-state index contributed by atoms with van der Waals surface area (Å²) in [5.74, 6) is 2.17. The molecular formula is C15H22N4O3. The van der Waals surface area contributed by atoms with E-state index >= 15 is 0 Å². The van der Waals surface area contributed by atoms with Crippen LogP contribution in [0, 0.1) is 5.92 Å². The van der Waals surface area contributed by atoms with Gasteiger partial charge in [-0.1, -0.05) is 5.16 Å². The number of nitrogens with one attached hydrogen (secondary N) is 1. The molecule has 1 aromatic heterocycles. The Morgan fingerprint density at radius 1 is 1.36 bits per heavy atom. The highest BCUT2D eigenvalue weighted by Crippen LogP contribution is 2.38. The second kappa shape index (κ2) is 6.46. The number of amides is 2. The molecule has 2 heterocycles. The lowest BCUT2D eigenvalue weighted by Crippen LogP contribution is -2.45. The van der Waals surface area contributed by atoms with Crippen LogP contribution < -0.4 is 5.32 Å². The van der Waals surface area contributed by atoms with Crippen molar-refractivity contribution in [2.75, 3.05) is 19.6 Å². The van der Waals surface area contributed by atoms with Crippen molar-refractivity contribution in [3.63, 3.8) is 0 Å². The fourth-order valence-electron chi connectivity index (χ4n) is 2.88. The predicted octanol–water partition coefficient (Wildman–Crippen LogP) is 0.864. The molecule has 0 radical (unpaired) electrons. The zero-order chi connectivity index (χ0) is 15.5. The Morgan fingerprint density at radius 2 is 2.18 bits per heavy atom. The summed E-state index contributed by atoms with van der Waals surface area (Å²) in [5.41, 5.74) is 0. The largest absolute Gasteiger partial charge is 0.347 e. The van der Waals surface area contributed by atoms with Crippen molar-refractivity contribution in [3.8, 4) is 0 Å². The lowest BCUT2D eigenvalue weighted by atomic mass is 9.94. The number of carbonyl (C=O) groups excluding carboxylic acids is 2. The molecule has 7 nitrogen and oxygen atoms in total. The second-order valence-electron chi connectivity index (χ2n) is 6.28. The number of aromatic nitrogens is 2. The first-order chi connectivity index (χ1) is 10.6. The van der Waals surface area contributed by atoms with E-state index in [0.717, 1.165) is 44.5 Å². The smallest absolute Gasteiger partial charge is 0.241 e. The Morgan fingerprint density at radius 3 is 2.91 bits per heavy atom. The van der Waals surface area contributed by atoms with Crippen LogP contribution in [0.4, 0.5) is 0 Å². The number of rotatable bonds is 5. The molecule has 0 bridgehead atoms. The first-order valence-corrected chi connectivity index (χ1v) is 7.96. The number of piperidine rings is 1. The zero-order valence-electron chi connectivity index (χ0n) is 12.9. The zero-order valence-corrected chi connectivity index (χ0v) is 12.9. The Bertz CT molecular complexity index is 553. The molecule has 0 spiro atoms. The van der Waals surface area contributed by atoms with Crippen LogP contribution in [0.25, 0.3) is 0 Å². The molecule has 0 aromatic carbocycles. The standard InChI is InChI=1S/C15H22N4O3/c1-10(20)16-8-14(21)19-6-2-3-11(9-19)7-13-17-15(18-22-13)12-4-5-12/h11-12H,2-9H2,1H3,(H,16,20)/t11-/m1/s1. The molecule has 7 heteroatoms. The van der Waals surface area contributed by atoms with Crippen molar-refractivity contribution in [3.05, 3.63) is 11.7 Å². The van der Waals surface area contributed by atoms with Gasteiger partial charge in [-0.05, 0) is 31.6 Å². The molecule has 1 saturated carbocycles. The molecule has 2 aliphatic rings. The first kappa shape index (κ1) is 15.0. The summed E-state index contributed by atoms with van der Waals surface area (Å²) in [5, 5.41) is 6.59. The number of hydrogen-bond donors (Lipinski definition) is 1. The molecule has 2 amide bonds. The van der Waals surface area contributed by atoms with Crippen LogP contribution in [0.5, 0.6) is 0 Å². The van der Waals surface area contributed by atoms with Gasteiger partial charge in [-0.25, -0.2) is 0 Å². The second-order valence-corrected chi connectivity index (χ2v) is 6.28. The summed E-state index contributed by atoms with van der Waals surface area (Å²) in [6, 6.07) is 0. The Balaban J connectivity index is 1.51. The van der Waals surface area contributed by atoms with E-state index in [0.29, 0.717) is 24.3 Å². The number of carbonyl (C=O) groups is 2. The first-order valence-electron chi connectivity index (χ1n) is 7.96. The molecule has 22 heavy (non-hydrogen) atoms. The molecule has 3 rings (SSSR count). The van der Waals surface area contributed by atoms with Crippen LogP contribution in [-0.2, 0) is 16.0 Å². The maximum atomic E-state index is 12.1. The molecular weight excluding hydrogens is 284 g/mol. The van der Waals surface area contributed by atoms with E-state index in [1.165, 1.54) is 6.92 Å². The topological polar surface area (TPSA) is 88.3 Å². The highest BCUT2D eigenvalue weighted by Gasteiger charge is 2.30. The summed E-state index contributed by atoms with van der Waals surface area (Å²) < 4.78 is 5.32. The summed E-state index contributed by atoms with van der Waals surface area (Å²) in [7, 11) is 0. The third kappa shape index (κ3) is 3.84. The highest BCUT2D eigenvalue weighted by atomic mass is 16.5. The Kier molecular flexibility index (Phi) is 4.40. The molecule has 1 aliphatic heterocycles. The predicted molar refractivity (Wildman–Crippen MR) is 78.0 cm³/mol. The van der Waals surface area contributed by atoms with Crippen LogP contribution in [-0.4, -0.2) is 46.5 Å². The van der Waals surface area contributed by atoms with Gasteiger partial charge in [0.05, 0.1) is 6.54 Å². The van der Waals surface area contributed by atoms with Gasteiger partial charge in [0.1, 0.15) is 0 Å². The summed E-state index contributed by atoms with van der Waals surface area (Å²) >= 11 is 0. The van der Waals surface area contributed by atoms with E-state index in [1.807, 2.05) is 4.90 Å². The molecule has 120 valence electrons. The van der Waals surface area contributed by atoms with E-state index in [-0.39, 0.29) is 18.4 Å². The number of hydrogen-bond acceptors (Lipinski definition) is 5. The Labute approximate surface area is 129 Å². The van der Waals surface area contributed by atoms with Gasteiger partial charge < -0.3 is 14.7 Å². The van der Waals surface area contributed by atoms with E-state index in [2.05, 4.69) is 15.5 Å². The maximum Gasteiger partial charge on any atom is 0.241 e. The summed E-state index contributed by atoms with van der Waals surface area (Å²) in [6.45, 7) is 2.94. The van der Waals surface area contributed by atoms with Gasteiger partial charge in [0.15, 0.2) is 5.82 Å². The van der Waals surface area contributed by atoms with Gasteiger partial charge in [0, 0.05) is 32.4 Å². The van der Waals surface area contributed by atoms with Crippen molar-refractivity contribution < 1.29 is 14.1 Å². The lowest BCUT2D eigenvalue weighted by molar-refractivity contribution is -0.134. The third-order valence-electron chi connectivity index (χ3n) is 4.25. The minimum Gasteiger partial charge on any atom is -0.347 e. The highest BCUT2D eigenvalue weighted by molar-refractivity contribution is 5.83. The van der Waals surface area contributed by atoms with Crippen molar-refractivity contribution >= 4 is 11.8 Å². The Hall–Kier alpha value is -1.92. The minimum atomic E-state index is -0.180. The van der Waals surface area contributed by atoms with Gasteiger partial charge in [-0.2, -0.15) is 4.98 Å². The normalized spacial score (nSPS) is 21.7. The quantitative estimate of drug-likeness (QED) is 0.872. The van der Waals surface area contributed by atoms with Crippen LogP contribution in [0.15, 0.2) is 4.52 Å². The molecule has 0 unspecified atom stereocenters. The van der Waals surface area contributed by atoms with Gasteiger partial charge in [0.25, 0.3) is 0 Å². The van der Waals surface area contributed by atoms with Gasteiger partial charge in [-0.15, -0.1) is 0 Å². The summed E-state index contributed by atoms with van der Waals surface area (Å²) in [4.78, 5) is 29.2. The van der Waals surface area contributed by atoms with E-state index < -0.39 is 0 Å². The lowest BCUT2D eigenvalue weighted by Gasteiger charge is -2.32. The average Bonchev–Trinajstić information content (AvgIpc) is 3.25. The minimum absolute atomic E-state index is 0.0240. The molecule has 1 N–H and O–H groups in total. The van der Waals surface area contributed by atoms with Crippen LogP contribution >= 0.6 is 0 Å². The van der Waals surface area contributed by atoms with E-state index in [1.54, 1.807) is 0 Å². The van der Waals surface area contributed by atoms with Crippen LogP contribution in [0.3, 0.4) is 0 Å². The van der Waals surface area contributed by atoms with Gasteiger partial charge in [0.2, 0.25) is 17.7 Å². The SMILES string of the molecule is CC(=O)NCC(=O)N1CCC[C@H](Cc2nc(C3CC3)no2)C1. The third-order valence-corrected chi connectivity index (χ3v) is 4.25. The fraction of sp³-hybridized carbons (Fsp3) is 0.733. The van der Waals surface area contributed by atoms with Gasteiger partial charge in [-0.3, -0.25) is 9.59 Å². The van der Waals surface area contributed by atoms with E-state index in [9.17, 15) is 9.59 Å². The maximum absolute atomic E-state index is 12.1. The molecule has 2 fully saturated rings. The van der Waals surface area contributed by atoms with E-state index in [4.69, 9.17) is 4.52 Å². The van der Waals surface area contributed by atoms with Crippen molar-refractivity contribution in [2.45, 2.75) is 44.9 Å². The molecule has 1 aromatic rings. The average molecular weight is 306 g/mol. The van der Waals surface area contributed by atoms with Crippen LogP contribution in [0.2, 0.25) is 0 Å². The number of nitrogens with zero attached hydrogens (tertiary/aromatic N) is 3. The molecule has 1 saturated heterocycles. The summed E-state index contributed by atoms with van der Waals surface area (Å²) in [6.07, 6.45) is 5.08.